The van der Waals surface area contributed by atoms with Gasteiger partial charge in [0.25, 0.3) is 5.91 Å². The summed E-state index contributed by atoms with van der Waals surface area (Å²) in [5.74, 6) is -2.66. The zero-order valence-electron chi connectivity index (χ0n) is 25.2. The van der Waals surface area contributed by atoms with Crippen LogP contribution in [0.5, 0.6) is 5.75 Å². The molecule has 0 radical (unpaired) electrons. The average molecular weight is 600 g/mol. The van der Waals surface area contributed by atoms with E-state index in [1.807, 2.05) is 12.1 Å². The number of carbonyl (C=O) groups excluding carboxylic acids is 5. The first-order valence-electron chi connectivity index (χ1n) is 13.8. The van der Waals surface area contributed by atoms with Crippen LogP contribution in [0.3, 0.4) is 0 Å². The fourth-order valence-electron chi connectivity index (χ4n) is 4.86. The third kappa shape index (κ3) is 8.54. The van der Waals surface area contributed by atoms with Crippen LogP contribution in [-0.4, -0.2) is 73.6 Å². The van der Waals surface area contributed by atoms with E-state index in [9.17, 15) is 24.0 Å². The molecular formula is C31H37NO11. The van der Waals surface area contributed by atoms with Crippen molar-refractivity contribution in [2.75, 3.05) is 7.05 Å². The maximum absolute atomic E-state index is 12.2. The first-order valence-corrected chi connectivity index (χ1v) is 13.8. The number of hydrogen-bond acceptors (Lipinski definition) is 11. The predicted octanol–water partition coefficient (Wildman–Crippen LogP) is 3.26. The lowest BCUT2D eigenvalue weighted by atomic mass is 9.93. The summed E-state index contributed by atoms with van der Waals surface area (Å²) < 4.78 is 34.5. The van der Waals surface area contributed by atoms with Gasteiger partial charge in [0.2, 0.25) is 12.4 Å². The Morgan fingerprint density at radius 2 is 1.42 bits per heavy atom. The molecule has 232 valence electrons. The largest absolute Gasteiger partial charge is 0.460 e. The van der Waals surface area contributed by atoms with E-state index in [4.69, 9.17) is 28.4 Å². The van der Waals surface area contributed by atoms with Crippen molar-refractivity contribution in [3.8, 4) is 16.9 Å². The fraction of sp³-hybridized carbons (Fsp3) is 0.452. The standard InChI is InChI=1S/C31H37NO11/c1-8-24(38-17(3)33)26-27(39-18(4)34)28(40-19(5)35)29(41-20(6)36)31(43-26)42-25-13-12-22(14-16(25)2)21-10-9-11-23(15-21)30(37)32-7/h9-15,24,26-29,31H,8H2,1-7H3,(H,32,37)/t24-,26+,27+,28?,29-,31-/m0/s1. The van der Waals surface area contributed by atoms with E-state index in [1.165, 1.54) is 6.92 Å². The van der Waals surface area contributed by atoms with Gasteiger partial charge in [-0.15, -0.1) is 0 Å². The van der Waals surface area contributed by atoms with Gasteiger partial charge in [0.1, 0.15) is 18.0 Å². The van der Waals surface area contributed by atoms with Crippen LogP contribution in [0.25, 0.3) is 11.1 Å². The minimum atomic E-state index is -1.37. The molecule has 12 nitrogen and oxygen atoms in total. The fourth-order valence-corrected chi connectivity index (χ4v) is 4.86. The van der Waals surface area contributed by atoms with Crippen molar-refractivity contribution >= 4 is 29.8 Å². The van der Waals surface area contributed by atoms with Gasteiger partial charge in [-0.25, -0.2) is 0 Å². The SMILES string of the molecule is CC[C@H](OC(C)=O)[C@H]1O[C@H](Oc2ccc(-c3cccc(C(=O)NC)c3)cc2C)[C@@H](OC(C)=O)C(OC(C)=O)[C@@H]1OC(C)=O. The Morgan fingerprint density at radius 3 is 1.98 bits per heavy atom. The van der Waals surface area contributed by atoms with Gasteiger partial charge in [-0.2, -0.15) is 0 Å². The third-order valence-electron chi connectivity index (χ3n) is 6.63. The smallest absolute Gasteiger partial charge is 0.303 e. The molecule has 12 heteroatoms. The summed E-state index contributed by atoms with van der Waals surface area (Å²) in [6, 6.07) is 12.4. The van der Waals surface area contributed by atoms with E-state index < -0.39 is 60.7 Å². The summed E-state index contributed by atoms with van der Waals surface area (Å²) in [7, 11) is 1.56. The van der Waals surface area contributed by atoms with Crippen LogP contribution >= 0.6 is 0 Å². The Kier molecular flexibility index (Phi) is 11.2. The summed E-state index contributed by atoms with van der Waals surface area (Å²) in [6.45, 7) is 8.23. The second-order valence-corrected chi connectivity index (χ2v) is 10.0. The molecule has 1 unspecified atom stereocenters. The molecule has 0 saturated carbocycles. The van der Waals surface area contributed by atoms with Crippen molar-refractivity contribution in [1.82, 2.24) is 5.32 Å². The molecule has 1 N–H and O–H groups in total. The summed E-state index contributed by atoms with van der Waals surface area (Å²) in [5, 5.41) is 2.60. The summed E-state index contributed by atoms with van der Waals surface area (Å²) >= 11 is 0. The molecule has 0 spiro atoms. The first-order chi connectivity index (χ1) is 20.3. The monoisotopic (exact) mass is 599 g/mol. The predicted molar refractivity (Wildman–Crippen MR) is 152 cm³/mol. The molecule has 0 bridgehead atoms. The van der Waals surface area contributed by atoms with E-state index >= 15 is 0 Å². The van der Waals surface area contributed by atoms with Gasteiger partial charge in [-0.1, -0.05) is 25.1 Å². The minimum absolute atomic E-state index is 0.215. The normalized spacial score (nSPS) is 22.0. The van der Waals surface area contributed by atoms with E-state index in [-0.39, 0.29) is 12.3 Å². The molecular weight excluding hydrogens is 562 g/mol. The summed E-state index contributed by atoms with van der Waals surface area (Å²) in [4.78, 5) is 60.5. The van der Waals surface area contributed by atoms with Gasteiger partial charge in [-0.05, 0) is 54.3 Å². The molecule has 3 rings (SSSR count). The molecule has 0 aromatic heterocycles. The van der Waals surface area contributed by atoms with Crippen LogP contribution in [-0.2, 0) is 42.9 Å². The molecule has 1 aliphatic heterocycles. The van der Waals surface area contributed by atoms with Crippen molar-refractivity contribution in [2.45, 2.75) is 84.8 Å². The molecule has 1 amide bonds. The van der Waals surface area contributed by atoms with Crippen molar-refractivity contribution in [1.29, 1.82) is 0 Å². The van der Waals surface area contributed by atoms with E-state index in [0.29, 0.717) is 16.9 Å². The van der Waals surface area contributed by atoms with Crippen LogP contribution < -0.4 is 10.1 Å². The maximum Gasteiger partial charge on any atom is 0.303 e. The Morgan fingerprint density at radius 1 is 0.814 bits per heavy atom. The Bertz CT molecular complexity index is 1360. The Hall–Kier alpha value is -4.45. The third-order valence-corrected chi connectivity index (χ3v) is 6.63. The van der Waals surface area contributed by atoms with Gasteiger partial charge < -0.3 is 33.7 Å². The van der Waals surface area contributed by atoms with E-state index in [1.54, 1.807) is 51.2 Å². The number of ether oxygens (including phenoxy) is 6. The van der Waals surface area contributed by atoms with Gasteiger partial charge in [0.05, 0.1) is 0 Å². The average Bonchev–Trinajstić information content (AvgIpc) is 2.94. The number of esters is 4. The highest BCUT2D eigenvalue weighted by Crippen LogP contribution is 2.35. The molecule has 2 aromatic rings. The molecule has 6 atom stereocenters. The number of carbonyl (C=O) groups is 5. The van der Waals surface area contributed by atoms with Crippen molar-refractivity contribution in [2.24, 2.45) is 0 Å². The van der Waals surface area contributed by atoms with Crippen LogP contribution in [0.4, 0.5) is 0 Å². The Balaban J connectivity index is 2.04. The van der Waals surface area contributed by atoms with Crippen LogP contribution in [0.15, 0.2) is 42.5 Å². The lowest BCUT2D eigenvalue weighted by molar-refractivity contribution is -0.297. The lowest BCUT2D eigenvalue weighted by Crippen LogP contribution is -2.65. The minimum Gasteiger partial charge on any atom is -0.460 e. The number of benzene rings is 2. The second-order valence-electron chi connectivity index (χ2n) is 10.0. The zero-order valence-corrected chi connectivity index (χ0v) is 25.2. The first kappa shape index (κ1) is 33.1. The molecule has 2 aromatic carbocycles. The second kappa shape index (κ2) is 14.6. The van der Waals surface area contributed by atoms with Crippen molar-refractivity contribution in [3.05, 3.63) is 53.6 Å². The molecule has 1 saturated heterocycles. The van der Waals surface area contributed by atoms with Gasteiger partial charge in [0.15, 0.2) is 12.2 Å². The highest BCUT2D eigenvalue weighted by atomic mass is 16.7. The zero-order chi connectivity index (χ0) is 31.8. The molecule has 1 aliphatic rings. The van der Waals surface area contributed by atoms with Crippen LogP contribution in [0, 0.1) is 6.92 Å². The van der Waals surface area contributed by atoms with E-state index in [0.717, 1.165) is 31.9 Å². The summed E-state index contributed by atoms with van der Waals surface area (Å²) in [6.07, 6.45) is -7.21. The van der Waals surface area contributed by atoms with Gasteiger partial charge >= 0.3 is 23.9 Å². The van der Waals surface area contributed by atoms with Crippen LogP contribution in [0.2, 0.25) is 0 Å². The highest BCUT2D eigenvalue weighted by molar-refractivity contribution is 5.95. The highest BCUT2D eigenvalue weighted by Gasteiger charge is 2.55. The molecule has 1 heterocycles. The van der Waals surface area contributed by atoms with Crippen molar-refractivity contribution < 1.29 is 52.4 Å². The number of rotatable bonds is 10. The topological polar surface area (TPSA) is 153 Å². The number of amides is 1. The number of hydrogen-bond donors (Lipinski definition) is 1. The Labute approximate surface area is 249 Å². The number of aryl methyl sites for hydroxylation is 1. The lowest BCUT2D eigenvalue weighted by Gasteiger charge is -2.46. The molecule has 43 heavy (non-hydrogen) atoms. The van der Waals surface area contributed by atoms with E-state index in [2.05, 4.69) is 5.32 Å². The van der Waals surface area contributed by atoms with Crippen molar-refractivity contribution in [3.63, 3.8) is 0 Å². The quantitative estimate of drug-likeness (QED) is 0.316. The summed E-state index contributed by atoms with van der Waals surface area (Å²) in [5.41, 5.74) is 2.78. The van der Waals surface area contributed by atoms with Gasteiger partial charge in [-0.3, -0.25) is 24.0 Å². The molecule has 1 fully saturated rings. The van der Waals surface area contributed by atoms with Gasteiger partial charge in [0, 0.05) is 40.3 Å². The number of nitrogens with one attached hydrogen (secondary N) is 1. The van der Waals surface area contributed by atoms with Crippen LogP contribution in [0.1, 0.15) is 57.0 Å². The molecule has 0 aliphatic carbocycles. The maximum atomic E-state index is 12.2.